The summed E-state index contributed by atoms with van der Waals surface area (Å²) in [4.78, 5) is 23.4. The average molecular weight is 257 g/mol. The molecule has 0 aliphatic rings. The van der Waals surface area contributed by atoms with Gasteiger partial charge < -0.3 is 0 Å². The third kappa shape index (κ3) is 2.04. The van der Waals surface area contributed by atoms with Gasteiger partial charge in [0, 0.05) is 6.07 Å². The Balaban J connectivity index is 3.37. The lowest BCUT2D eigenvalue weighted by Crippen LogP contribution is -1.90. The van der Waals surface area contributed by atoms with Crippen LogP contribution in [0.2, 0.25) is 0 Å². The number of carbonyl (C=O) groups excluding carboxylic acids is 1. The molecule has 0 aromatic heterocycles. The molecule has 0 saturated heterocycles. The Hall–Kier alpha value is -1.52. The molecule has 1 aromatic carbocycles. The molecular formula is C8H5BrN2O3. The highest BCUT2D eigenvalue weighted by atomic mass is 79.9. The number of aryl methyl sites for hydroxylation is 1. The largest absolute Gasteiger partial charge is 0.283 e. The molecule has 0 atom stereocenters. The fourth-order valence-electron chi connectivity index (χ4n) is 0.965. The molecule has 1 aromatic rings. The fraction of sp³-hybridized carbons (Fsp3) is 0.125. The molecule has 0 aliphatic heterocycles. The Bertz CT molecular complexity index is 411. The molecule has 6 heteroatoms. The molecule has 0 bridgehead atoms. The number of isocyanates is 1. The zero-order valence-corrected chi connectivity index (χ0v) is 8.74. The summed E-state index contributed by atoms with van der Waals surface area (Å²) in [5.74, 6) is 0. The average Bonchev–Trinajstić information content (AvgIpc) is 2.10. The molecule has 0 heterocycles. The van der Waals surface area contributed by atoms with Crippen LogP contribution in [-0.4, -0.2) is 11.0 Å². The van der Waals surface area contributed by atoms with Gasteiger partial charge in [0.2, 0.25) is 6.08 Å². The van der Waals surface area contributed by atoms with Gasteiger partial charge in [-0.3, -0.25) is 10.1 Å². The topological polar surface area (TPSA) is 72.6 Å². The van der Waals surface area contributed by atoms with Gasteiger partial charge in [0.1, 0.15) is 0 Å². The summed E-state index contributed by atoms with van der Waals surface area (Å²) in [6.07, 6.45) is 1.39. The predicted octanol–water partition coefficient (Wildman–Crippen LogP) is 2.63. The number of benzene rings is 1. The minimum absolute atomic E-state index is 0.0488. The number of rotatable bonds is 2. The second kappa shape index (κ2) is 4.13. The highest BCUT2D eigenvalue weighted by molar-refractivity contribution is 9.10. The van der Waals surface area contributed by atoms with E-state index in [-0.39, 0.29) is 5.69 Å². The van der Waals surface area contributed by atoms with Crippen LogP contribution in [0.1, 0.15) is 5.56 Å². The summed E-state index contributed by atoms with van der Waals surface area (Å²) < 4.78 is 0.294. The van der Waals surface area contributed by atoms with E-state index in [0.717, 1.165) is 0 Å². The number of nitro groups is 1. The van der Waals surface area contributed by atoms with Gasteiger partial charge in [0.25, 0.3) is 5.69 Å². The van der Waals surface area contributed by atoms with Gasteiger partial charge in [-0.1, -0.05) is 0 Å². The summed E-state index contributed by atoms with van der Waals surface area (Å²) in [5, 5.41) is 10.5. The molecule has 14 heavy (non-hydrogen) atoms. The number of hydrogen-bond acceptors (Lipinski definition) is 4. The van der Waals surface area contributed by atoms with E-state index in [0.29, 0.717) is 15.7 Å². The van der Waals surface area contributed by atoms with E-state index < -0.39 is 4.92 Å². The molecule has 0 aliphatic carbocycles. The smallest absolute Gasteiger partial charge is 0.258 e. The van der Waals surface area contributed by atoms with Gasteiger partial charge in [-0.05, 0) is 34.5 Å². The monoisotopic (exact) mass is 256 g/mol. The van der Waals surface area contributed by atoms with Crippen molar-refractivity contribution in [2.45, 2.75) is 6.92 Å². The first-order valence-electron chi connectivity index (χ1n) is 3.58. The van der Waals surface area contributed by atoms with Crippen LogP contribution < -0.4 is 0 Å². The van der Waals surface area contributed by atoms with Gasteiger partial charge in [0.15, 0.2) is 0 Å². The third-order valence-electron chi connectivity index (χ3n) is 1.63. The van der Waals surface area contributed by atoms with Crippen molar-refractivity contribution in [1.29, 1.82) is 0 Å². The molecule has 0 unspecified atom stereocenters. The molecule has 0 saturated carbocycles. The molecule has 0 fully saturated rings. The Morgan fingerprint density at radius 2 is 2.21 bits per heavy atom. The van der Waals surface area contributed by atoms with Crippen LogP contribution >= 0.6 is 15.9 Å². The maximum absolute atomic E-state index is 10.5. The molecule has 0 N–H and O–H groups in total. The minimum atomic E-state index is -0.508. The van der Waals surface area contributed by atoms with Crippen molar-refractivity contribution in [3.63, 3.8) is 0 Å². The highest BCUT2D eigenvalue weighted by Gasteiger charge is 2.13. The van der Waals surface area contributed by atoms with Crippen molar-refractivity contribution in [2.24, 2.45) is 4.99 Å². The Morgan fingerprint density at radius 3 is 2.71 bits per heavy atom. The second-order valence-electron chi connectivity index (χ2n) is 2.55. The quantitative estimate of drug-likeness (QED) is 0.354. The maximum atomic E-state index is 10.5. The van der Waals surface area contributed by atoms with Gasteiger partial charge in [-0.25, -0.2) is 4.79 Å². The summed E-state index contributed by atoms with van der Waals surface area (Å²) in [7, 11) is 0. The van der Waals surface area contributed by atoms with Crippen LogP contribution in [0.3, 0.4) is 0 Å². The maximum Gasteiger partial charge on any atom is 0.283 e. The minimum Gasteiger partial charge on any atom is -0.258 e. The number of aliphatic imine (C=N–C) groups is 1. The number of nitro benzene ring substituents is 1. The molecule has 0 radical (unpaired) electrons. The second-order valence-corrected chi connectivity index (χ2v) is 3.40. The van der Waals surface area contributed by atoms with Crippen molar-refractivity contribution in [2.75, 3.05) is 0 Å². The van der Waals surface area contributed by atoms with E-state index >= 15 is 0 Å². The van der Waals surface area contributed by atoms with Crippen molar-refractivity contribution >= 4 is 33.4 Å². The molecule has 0 spiro atoms. The highest BCUT2D eigenvalue weighted by Crippen LogP contribution is 2.31. The zero-order valence-electron chi connectivity index (χ0n) is 7.15. The number of nitrogens with zero attached hydrogens (tertiary/aromatic N) is 2. The van der Waals surface area contributed by atoms with Crippen LogP contribution in [0.25, 0.3) is 0 Å². The van der Waals surface area contributed by atoms with E-state index in [1.54, 1.807) is 6.92 Å². The van der Waals surface area contributed by atoms with Crippen molar-refractivity contribution < 1.29 is 9.72 Å². The van der Waals surface area contributed by atoms with Gasteiger partial charge >= 0.3 is 0 Å². The lowest BCUT2D eigenvalue weighted by atomic mass is 10.2. The van der Waals surface area contributed by atoms with Gasteiger partial charge in [-0.2, -0.15) is 4.99 Å². The summed E-state index contributed by atoms with van der Waals surface area (Å²) in [6, 6.07) is 2.76. The number of hydrogen-bond donors (Lipinski definition) is 0. The van der Waals surface area contributed by atoms with Crippen LogP contribution in [-0.2, 0) is 4.79 Å². The van der Waals surface area contributed by atoms with E-state index in [2.05, 4.69) is 20.9 Å². The normalized spacial score (nSPS) is 9.29. The first-order chi connectivity index (χ1) is 6.56. The van der Waals surface area contributed by atoms with E-state index in [9.17, 15) is 14.9 Å². The molecule has 0 amide bonds. The van der Waals surface area contributed by atoms with Crippen LogP contribution in [0.15, 0.2) is 21.6 Å². The molecule has 5 nitrogen and oxygen atoms in total. The van der Waals surface area contributed by atoms with Crippen molar-refractivity contribution in [3.05, 3.63) is 32.3 Å². The number of halogens is 1. The fourth-order valence-corrected chi connectivity index (χ4v) is 1.44. The lowest BCUT2D eigenvalue weighted by Gasteiger charge is -2.00. The first kappa shape index (κ1) is 10.6. The Morgan fingerprint density at radius 1 is 1.57 bits per heavy atom. The van der Waals surface area contributed by atoms with Gasteiger partial charge in [-0.15, -0.1) is 0 Å². The van der Waals surface area contributed by atoms with E-state index in [4.69, 9.17) is 0 Å². The Kier molecular flexibility index (Phi) is 3.11. The van der Waals surface area contributed by atoms with Crippen LogP contribution in [0.4, 0.5) is 11.4 Å². The zero-order chi connectivity index (χ0) is 10.7. The van der Waals surface area contributed by atoms with Crippen LogP contribution in [0, 0.1) is 17.0 Å². The molecule has 1 rings (SSSR count). The van der Waals surface area contributed by atoms with Crippen molar-refractivity contribution in [1.82, 2.24) is 0 Å². The predicted molar refractivity (Wildman–Crippen MR) is 53.3 cm³/mol. The molecular weight excluding hydrogens is 252 g/mol. The third-order valence-corrected chi connectivity index (χ3v) is 2.26. The van der Waals surface area contributed by atoms with Gasteiger partial charge in [0.05, 0.1) is 15.1 Å². The van der Waals surface area contributed by atoms with Crippen molar-refractivity contribution in [3.8, 4) is 0 Å². The Labute approximate surface area is 87.7 Å². The summed E-state index contributed by atoms with van der Waals surface area (Å²) in [6.45, 7) is 1.63. The summed E-state index contributed by atoms with van der Waals surface area (Å²) in [5.41, 5.74) is 0.882. The summed E-state index contributed by atoms with van der Waals surface area (Å²) >= 11 is 3.02. The van der Waals surface area contributed by atoms with Crippen LogP contribution in [0.5, 0.6) is 0 Å². The molecule has 72 valence electrons. The lowest BCUT2D eigenvalue weighted by molar-refractivity contribution is -0.385. The SMILES string of the molecule is Cc1cc([N+](=O)[O-])c(Br)cc1N=C=O. The van der Waals surface area contributed by atoms with E-state index in [1.165, 1.54) is 18.2 Å². The standard InChI is InChI=1S/C8H5BrN2O3/c1-5-2-8(11(13)14)6(9)3-7(5)10-4-12/h2-3H,1H3. The van der Waals surface area contributed by atoms with E-state index in [1.807, 2.05) is 0 Å². The first-order valence-corrected chi connectivity index (χ1v) is 4.38.